The molecule has 4 nitrogen and oxygen atoms in total. The predicted molar refractivity (Wildman–Crippen MR) is 46.0 cm³/mol. The molecule has 0 unspecified atom stereocenters. The molecule has 0 saturated heterocycles. The van der Waals surface area contributed by atoms with Gasteiger partial charge in [-0.15, -0.1) is 4.91 Å². The van der Waals surface area contributed by atoms with Crippen molar-refractivity contribution < 1.29 is 4.84 Å². The zero-order chi connectivity index (χ0) is 8.81. The fourth-order valence-corrected chi connectivity index (χ4v) is 0.753. The van der Waals surface area contributed by atoms with E-state index in [1.54, 1.807) is 24.3 Å². The number of benzene rings is 1. The lowest BCUT2D eigenvalue weighted by atomic mass is 10.3. The van der Waals surface area contributed by atoms with Gasteiger partial charge in [-0.25, -0.2) is 0 Å². The molecule has 0 aliphatic carbocycles. The normalized spacial score (nSPS) is 8.67. The third-order valence-electron chi connectivity index (χ3n) is 1.23. The van der Waals surface area contributed by atoms with Crippen LogP contribution in [0, 0.1) is 4.91 Å². The number of anilines is 1. The lowest BCUT2D eigenvalue weighted by Gasteiger charge is -2.10. The second-order valence-electron chi connectivity index (χ2n) is 1.96. The van der Waals surface area contributed by atoms with Crippen LogP contribution in [-0.2, 0) is 4.84 Å². The third-order valence-corrected chi connectivity index (χ3v) is 1.23. The van der Waals surface area contributed by atoms with Crippen LogP contribution in [0.15, 0.2) is 48.5 Å². The van der Waals surface area contributed by atoms with E-state index in [0.717, 1.165) is 11.4 Å². The number of nitroso groups, excluding NO2 is 1. The van der Waals surface area contributed by atoms with Crippen molar-refractivity contribution in [2.24, 2.45) is 5.29 Å². The number of nitrogens with zero attached hydrogens (tertiary/aromatic N) is 2. The van der Waals surface area contributed by atoms with E-state index in [0.29, 0.717) is 5.69 Å². The highest BCUT2D eigenvalue weighted by Crippen LogP contribution is 2.13. The maximum absolute atomic E-state index is 10.2. The van der Waals surface area contributed by atoms with Crippen LogP contribution >= 0.6 is 0 Å². The topological polar surface area (TPSA) is 41.9 Å². The summed E-state index contributed by atoms with van der Waals surface area (Å²) in [5, 5.41) is 3.48. The molecular formula is C8H8N2O2. The summed E-state index contributed by atoms with van der Waals surface area (Å²) >= 11 is 0. The lowest BCUT2D eigenvalue weighted by Crippen LogP contribution is -2.11. The van der Waals surface area contributed by atoms with Crippen LogP contribution in [0.5, 0.6) is 0 Å². The van der Waals surface area contributed by atoms with Gasteiger partial charge in [-0.05, 0) is 12.1 Å². The molecular weight excluding hydrogens is 156 g/mol. The first-order valence-corrected chi connectivity index (χ1v) is 3.34. The molecule has 0 amide bonds. The van der Waals surface area contributed by atoms with Crippen molar-refractivity contribution in [3.63, 3.8) is 0 Å². The molecule has 1 aromatic carbocycles. The minimum absolute atomic E-state index is 0.562. The Morgan fingerprint density at radius 2 is 2.08 bits per heavy atom. The molecule has 0 N–H and O–H groups in total. The van der Waals surface area contributed by atoms with E-state index < -0.39 is 0 Å². The van der Waals surface area contributed by atoms with Gasteiger partial charge in [0.2, 0.25) is 0 Å². The lowest BCUT2D eigenvalue weighted by molar-refractivity contribution is 0.218. The predicted octanol–water partition coefficient (Wildman–Crippen LogP) is 2.25. The summed E-state index contributed by atoms with van der Waals surface area (Å²) in [7, 11) is 0. The Kier molecular flexibility index (Phi) is 2.84. The summed E-state index contributed by atoms with van der Waals surface area (Å²) in [5.41, 5.74) is 0.562. The second-order valence-corrected chi connectivity index (χ2v) is 1.96. The smallest absolute Gasteiger partial charge is 0.115 e. The van der Waals surface area contributed by atoms with E-state index >= 15 is 0 Å². The molecule has 0 aromatic heterocycles. The maximum atomic E-state index is 10.2. The number of hydrogen-bond acceptors (Lipinski definition) is 3. The van der Waals surface area contributed by atoms with E-state index in [9.17, 15) is 4.91 Å². The first-order chi connectivity index (χ1) is 5.88. The van der Waals surface area contributed by atoms with Crippen LogP contribution in [-0.4, -0.2) is 0 Å². The molecule has 62 valence electrons. The molecule has 0 bridgehead atoms. The number of rotatable bonds is 4. The van der Waals surface area contributed by atoms with Crippen LogP contribution in [0.3, 0.4) is 0 Å². The van der Waals surface area contributed by atoms with Gasteiger partial charge in [0.1, 0.15) is 11.9 Å². The largest absolute Gasteiger partial charge is 0.363 e. The van der Waals surface area contributed by atoms with Crippen molar-refractivity contribution in [2.45, 2.75) is 0 Å². The molecule has 0 aliphatic heterocycles. The molecule has 12 heavy (non-hydrogen) atoms. The van der Waals surface area contributed by atoms with Crippen LogP contribution < -0.4 is 5.17 Å². The van der Waals surface area contributed by atoms with Crippen molar-refractivity contribution in [1.82, 2.24) is 0 Å². The highest BCUT2D eigenvalue weighted by Gasteiger charge is 2.03. The first kappa shape index (κ1) is 8.26. The van der Waals surface area contributed by atoms with Gasteiger partial charge in [-0.1, -0.05) is 30.0 Å². The second kappa shape index (κ2) is 4.12. The maximum Gasteiger partial charge on any atom is 0.115 e. The SMILES string of the molecule is C=CON(N=O)c1ccccc1. The molecule has 1 aromatic rings. The Morgan fingerprint density at radius 3 is 2.58 bits per heavy atom. The molecule has 0 saturated carbocycles. The van der Waals surface area contributed by atoms with Crippen molar-refractivity contribution >= 4 is 5.69 Å². The average Bonchev–Trinajstić information content (AvgIpc) is 2.15. The van der Waals surface area contributed by atoms with Crippen molar-refractivity contribution in [2.75, 3.05) is 5.17 Å². The molecule has 4 heteroatoms. The molecule has 0 heterocycles. The number of hydrogen-bond donors (Lipinski definition) is 0. The summed E-state index contributed by atoms with van der Waals surface area (Å²) in [5.74, 6) is 0. The Balaban J connectivity index is 2.79. The van der Waals surface area contributed by atoms with Gasteiger partial charge >= 0.3 is 0 Å². The van der Waals surface area contributed by atoms with Gasteiger partial charge < -0.3 is 4.84 Å². The fraction of sp³-hybridized carbons (Fsp3) is 0. The van der Waals surface area contributed by atoms with E-state index in [2.05, 4.69) is 11.9 Å². The quantitative estimate of drug-likeness (QED) is 0.389. The third kappa shape index (κ3) is 1.82. The molecule has 1 rings (SSSR count). The van der Waals surface area contributed by atoms with Gasteiger partial charge in [-0.3, -0.25) is 0 Å². The summed E-state index contributed by atoms with van der Waals surface area (Å²) < 4.78 is 0. The van der Waals surface area contributed by atoms with Crippen LogP contribution in [0.2, 0.25) is 0 Å². The van der Waals surface area contributed by atoms with Crippen molar-refractivity contribution in [3.05, 3.63) is 48.1 Å². The van der Waals surface area contributed by atoms with Crippen molar-refractivity contribution in [3.8, 4) is 0 Å². The standard InChI is InChI=1S/C8H8N2O2/c1-2-12-10(9-11)8-6-4-3-5-7-8/h2-7H,1H2. The molecule has 0 atom stereocenters. The zero-order valence-corrected chi connectivity index (χ0v) is 6.38. The molecule has 0 radical (unpaired) electrons. The van der Waals surface area contributed by atoms with Crippen LogP contribution in [0.25, 0.3) is 0 Å². The van der Waals surface area contributed by atoms with Gasteiger partial charge in [-0.2, -0.15) is 0 Å². The average molecular weight is 164 g/mol. The monoisotopic (exact) mass is 164 g/mol. The fourth-order valence-electron chi connectivity index (χ4n) is 0.753. The Labute approximate surface area is 70.0 Å². The molecule has 0 aliphatic rings. The minimum Gasteiger partial charge on any atom is -0.363 e. The Hall–Kier alpha value is -1.84. The number of para-hydroxylation sites is 1. The first-order valence-electron chi connectivity index (χ1n) is 3.34. The van der Waals surface area contributed by atoms with Crippen molar-refractivity contribution in [1.29, 1.82) is 0 Å². The van der Waals surface area contributed by atoms with E-state index in [-0.39, 0.29) is 0 Å². The van der Waals surface area contributed by atoms with Gasteiger partial charge in [0.05, 0.1) is 5.29 Å². The minimum atomic E-state index is 0.562. The summed E-state index contributed by atoms with van der Waals surface area (Å²) in [4.78, 5) is 14.9. The summed E-state index contributed by atoms with van der Waals surface area (Å²) in [6.07, 6.45) is 1.13. The Bertz CT molecular complexity index is 261. The van der Waals surface area contributed by atoms with Gasteiger partial charge in [0.15, 0.2) is 0 Å². The van der Waals surface area contributed by atoms with Crippen LogP contribution in [0.1, 0.15) is 0 Å². The molecule has 0 fully saturated rings. The van der Waals surface area contributed by atoms with Crippen LogP contribution in [0.4, 0.5) is 5.69 Å². The Morgan fingerprint density at radius 1 is 1.42 bits per heavy atom. The highest BCUT2D eigenvalue weighted by atomic mass is 16.7. The zero-order valence-electron chi connectivity index (χ0n) is 6.38. The summed E-state index contributed by atoms with van der Waals surface area (Å²) in [6, 6.07) is 8.79. The van der Waals surface area contributed by atoms with Gasteiger partial charge in [0, 0.05) is 0 Å². The highest BCUT2D eigenvalue weighted by molar-refractivity contribution is 5.42. The van der Waals surface area contributed by atoms with E-state index in [1.807, 2.05) is 6.07 Å². The van der Waals surface area contributed by atoms with E-state index in [1.165, 1.54) is 0 Å². The van der Waals surface area contributed by atoms with Gasteiger partial charge in [0.25, 0.3) is 0 Å². The molecule has 0 spiro atoms. The van der Waals surface area contributed by atoms with E-state index in [4.69, 9.17) is 4.84 Å². The summed E-state index contributed by atoms with van der Waals surface area (Å²) in [6.45, 7) is 3.31.